The van der Waals surface area contributed by atoms with Crippen LogP contribution in [0.15, 0.2) is 48.5 Å². The van der Waals surface area contributed by atoms with E-state index in [0.29, 0.717) is 48.2 Å². The summed E-state index contributed by atoms with van der Waals surface area (Å²) in [6.07, 6.45) is 2.27. The number of benzene rings is 2. The number of carbonyl (C=O) groups excluding carboxylic acids is 2. The fourth-order valence-corrected chi connectivity index (χ4v) is 3.61. The van der Waals surface area contributed by atoms with Crippen LogP contribution >= 0.6 is 23.2 Å². The molecule has 0 spiro atoms. The lowest BCUT2D eigenvalue weighted by molar-refractivity contribution is -0.132. The highest BCUT2D eigenvalue weighted by Crippen LogP contribution is 2.22. The summed E-state index contributed by atoms with van der Waals surface area (Å²) in [6.45, 7) is 2.11. The van der Waals surface area contributed by atoms with Gasteiger partial charge in [-0.1, -0.05) is 53.5 Å². The number of piperazine rings is 1. The number of nitrogens with zero attached hydrogens (tertiary/aromatic N) is 2. The minimum Gasteiger partial charge on any atom is -0.339 e. The first kappa shape index (κ1) is 19.7. The van der Waals surface area contributed by atoms with E-state index >= 15 is 0 Å². The van der Waals surface area contributed by atoms with Crippen molar-refractivity contribution in [1.82, 2.24) is 9.80 Å². The van der Waals surface area contributed by atoms with Crippen molar-refractivity contribution in [2.75, 3.05) is 26.2 Å². The van der Waals surface area contributed by atoms with E-state index in [2.05, 4.69) is 12.1 Å². The third kappa shape index (κ3) is 5.24. The second-order valence-electron chi connectivity index (χ2n) is 6.64. The van der Waals surface area contributed by atoms with Crippen LogP contribution in [0, 0.1) is 0 Å². The Kier molecular flexibility index (Phi) is 6.75. The molecule has 142 valence electrons. The molecule has 0 N–H and O–H groups in total. The Morgan fingerprint density at radius 2 is 1.56 bits per heavy atom. The highest BCUT2D eigenvalue weighted by atomic mass is 35.5. The fourth-order valence-electron chi connectivity index (χ4n) is 3.24. The first-order valence-electron chi connectivity index (χ1n) is 9.10. The molecule has 0 aromatic heterocycles. The van der Waals surface area contributed by atoms with Gasteiger partial charge in [0.1, 0.15) is 0 Å². The monoisotopic (exact) mass is 404 g/mol. The molecule has 0 radical (unpaired) electrons. The van der Waals surface area contributed by atoms with Gasteiger partial charge in [-0.3, -0.25) is 9.59 Å². The van der Waals surface area contributed by atoms with Crippen molar-refractivity contribution >= 4 is 35.0 Å². The number of halogens is 2. The number of hydrogen-bond donors (Lipinski definition) is 0. The summed E-state index contributed by atoms with van der Waals surface area (Å²) >= 11 is 12.1. The lowest BCUT2D eigenvalue weighted by Crippen LogP contribution is -2.50. The van der Waals surface area contributed by atoms with E-state index in [4.69, 9.17) is 23.2 Å². The summed E-state index contributed by atoms with van der Waals surface area (Å²) in [5.74, 6) is 0.0116. The van der Waals surface area contributed by atoms with Crippen molar-refractivity contribution < 1.29 is 9.59 Å². The van der Waals surface area contributed by atoms with Crippen molar-refractivity contribution in [2.24, 2.45) is 0 Å². The van der Waals surface area contributed by atoms with Crippen LogP contribution in [0.3, 0.4) is 0 Å². The number of aryl methyl sites for hydroxylation is 1. The van der Waals surface area contributed by atoms with E-state index < -0.39 is 0 Å². The Morgan fingerprint density at radius 1 is 0.889 bits per heavy atom. The molecule has 4 nitrogen and oxygen atoms in total. The molecule has 27 heavy (non-hydrogen) atoms. The Hall–Kier alpha value is -2.04. The zero-order valence-electron chi connectivity index (χ0n) is 15.0. The van der Waals surface area contributed by atoms with E-state index in [9.17, 15) is 9.59 Å². The zero-order valence-corrected chi connectivity index (χ0v) is 16.5. The Balaban J connectivity index is 1.47. The van der Waals surface area contributed by atoms with Gasteiger partial charge in [-0.25, -0.2) is 0 Å². The number of carbonyl (C=O) groups is 2. The molecule has 0 saturated carbocycles. The van der Waals surface area contributed by atoms with E-state index in [1.165, 1.54) is 5.56 Å². The maximum Gasteiger partial charge on any atom is 0.255 e. The maximum atomic E-state index is 12.7. The summed E-state index contributed by atoms with van der Waals surface area (Å²) in [5.41, 5.74) is 1.66. The van der Waals surface area contributed by atoms with Crippen molar-refractivity contribution in [3.8, 4) is 0 Å². The number of hydrogen-bond acceptors (Lipinski definition) is 2. The van der Waals surface area contributed by atoms with E-state index in [-0.39, 0.29) is 11.8 Å². The molecule has 2 aromatic carbocycles. The molecular weight excluding hydrogens is 383 g/mol. The van der Waals surface area contributed by atoms with Gasteiger partial charge >= 0.3 is 0 Å². The largest absolute Gasteiger partial charge is 0.339 e. The molecule has 2 aromatic rings. The van der Waals surface area contributed by atoms with Crippen LogP contribution in [0.1, 0.15) is 28.8 Å². The minimum atomic E-state index is -0.140. The smallest absolute Gasteiger partial charge is 0.255 e. The molecule has 1 aliphatic heterocycles. The van der Waals surface area contributed by atoms with Crippen LogP contribution in [-0.2, 0) is 11.2 Å². The molecule has 0 aliphatic carbocycles. The summed E-state index contributed by atoms with van der Waals surface area (Å²) in [7, 11) is 0. The van der Waals surface area contributed by atoms with Crippen LogP contribution in [0.25, 0.3) is 0 Å². The highest BCUT2D eigenvalue weighted by Gasteiger charge is 2.25. The lowest BCUT2D eigenvalue weighted by Gasteiger charge is -2.35. The zero-order chi connectivity index (χ0) is 19.2. The fraction of sp³-hybridized carbons (Fsp3) is 0.333. The first-order chi connectivity index (χ1) is 13.0. The number of amides is 2. The van der Waals surface area contributed by atoms with Gasteiger partial charge in [0.25, 0.3) is 5.91 Å². The van der Waals surface area contributed by atoms with E-state index in [1.54, 1.807) is 23.1 Å². The molecular formula is C21H22Cl2N2O2. The van der Waals surface area contributed by atoms with Crippen LogP contribution in [0.5, 0.6) is 0 Å². The first-order valence-corrected chi connectivity index (χ1v) is 9.86. The third-order valence-corrected chi connectivity index (χ3v) is 5.34. The SMILES string of the molecule is O=C(CCCc1ccccc1)N1CCN(C(=O)c2cc(Cl)ccc2Cl)CC1. The lowest BCUT2D eigenvalue weighted by atomic mass is 10.1. The van der Waals surface area contributed by atoms with E-state index in [1.807, 2.05) is 23.1 Å². The summed E-state index contributed by atoms with van der Waals surface area (Å²) in [4.78, 5) is 28.6. The van der Waals surface area contributed by atoms with Gasteiger partial charge < -0.3 is 9.80 Å². The van der Waals surface area contributed by atoms with E-state index in [0.717, 1.165) is 12.8 Å². The minimum absolute atomic E-state index is 0.140. The second-order valence-corrected chi connectivity index (χ2v) is 7.48. The second kappa shape index (κ2) is 9.25. The van der Waals surface area contributed by atoms with Crippen LogP contribution in [-0.4, -0.2) is 47.8 Å². The van der Waals surface area contributed by atoms with Crippen molar-refractivity contribution in [1.29, 1.82) is 0 Å². The molecule has 0 atom stereocenters. The van der Waals surface area contributed by atoms with Gasteiger partial charge in [0.2, 0.25) is 5.91 Å². The number of rotatable bonds is 5. The van der Waals surface area contributed by atoms with Gasteiger partial charge in [-0.05, 0) is 36.6 Å². The standard InChI is InChI=1S/C21H22Cl2N2O2/c22-17-9-10-19(23)18(15-17)21(27)25-13-11-24(12-14-25)20(26)8-4-7-16-5-2-1-3-6-16/h1-3,5-6,9-10,15H,4,7-8,11-14H2. The normalized spacial score (nSPS) is 14.3. The molecule has 6 heteroatoms. The summed E-state index contributed by atoms with van der Waals surface area (Å²) in [5, 5.41) is 0.874. The molecule has 1 heterocycles. The third-order valence-electron chi connectivity index (χ3n) is 4.78. The Labute approximate surface area is 169 Å². The average molecular weight is 405 g/mol. The summed E-state index contributed by atoms with van der Waals surface area (Å²) in [6, 6.07) is 15.1. The molecule has 1 fully saturated rings. The van der Waals surface area contributed by atoms with Crippen molar-refractivity contribution in [2.45, 2.75) is 19.3 Å². The average Bonchev–Trinajstić information content (AvgIpc) is 2.70. The van der Waals surface area contributed by atoms with Gasteiger partial charge in [-0.15, -0.1) is 0 Å². The molecule has 1 aliphatic rings. The predicted molar refractivity (Wildman–Crippen MR) is 108 cm³/mol. The van der Waals surface area contributed by atoms with Crippen LogP contribution in [0.2, 0.25) is 10.0 Å². The predicted octanol–water partition coefficient (Wildman–Crippen LogP) is 4.30. The molecule has 0 bridgehead atoms. The van der Waals surface area contributed by atoms with Gasteiger partial charge in [0.05, 0.1) is 10.6 Å². The summed E-state index contributed by atoms with van der Waals surface area (Å²) < 4.78 is 0. The molecule has 3 rings (SSSR count). The quantitative estimate of drug-likeness (QED) is 0.744. The molecule has 1 saturated heterocycles. The highest BCUT2D eigenvalue weighted by molar-refractivity contribution is 6.35. The molecule has 2 amide bonds. The Bertz CT molecular complexity index is 803. The van der Waals surface area contributed by atoms with Crippen LogP contribution in [0.4, 0.5) is 0 Å². The Morgan fingerprint density at radius 3 is 2.26 bits per heavy atom. The maximum absolute atomic E-state index is 12.7. The van der Waals surface area contributed by atoms with Crippen molar-refractivity contribution in [3.05, 3.63) is 69.7 Å². The topological polar surface area (TPSA) is 40.6 Å². The van der Waals surface area contributed by atoms with Gasteiger partial charge in [0.15, 0.2) is 0 Å². The van der Waals surface area contributed by atoms with Gasteiger partial charge in [-0.2, -0.15) is 0 Å². The van der Waals surface area contributed by atoms with Gasteiger partial charge in [0, 0.05) is 37.6 Å². The van der Waals surface area contributed by atoms with Crippen LogP contribution < -0.4 is 0 Å². The van der Waals surface area contributed by atoms with Crippen molar-refractivity contribution in [3.63, 3.8) is 0 Å². The molecule has 0 unspecified atom stereocenters.